The highest BCUT2D eigenvalue weighted by Gasteiger charge is 2.34. The van der Waals surface area contributed by atoms with E-state index in [0.29, 0.717) is 32.2 Å². The third-order valence-corrected chi connectivity index (χ3v) is 4.57. The standard InChI is InChI=1S/C18H14BrClN2O4/c1-25-15-9-10(7-13(19)16(15)26-2)8-14-17(23)22(18(24)21-14)12-5-3-11(20)4-6-12/h3-9H,1-2H3,(H,21,24)/b14-8-. The Balaban J connectivity index is 1.95. The molecule has 0 saturated carbocycles. The number of nitrogens with one attached hydrogen (secondary N) is 1. The Morgan fingerprint density at radius 2 is 1.81 bits per heavy atom. The van der Waals surface area contributed by atoms with Crippen LogP contribution in [0.25, 0.3) is 6.08 Å². The van der Waals surface area contributed by atoms with E-state index in [-0.39, 0.29) is 5.70 Å². The van der Waals surface area contributed by atoms with Gasteiger partial charge in [-0.2, -0.15) is 0 Å². The Labute approximate surface area is 163 Å². The fraction of sp³-hybridized carbons (Fsp3) is 0.111. The van der Waals surface area contributed by atoms with E-state index in [0.717, 1.165) is 4.90 Å². The first-order valence-electron chi connectivity index (χ1n) is 7.49. The molecule has 0 atom stereocenters. The van der Waals surface area contributed by atoms with Crippen LogP contribution >= 0.6 is 27.5 Å². The van der Waals surface area contributed by atoms with Gasteiger partial charge in [0.1, 0.15) is 5.70 Å². The average Bonchev–Trinajstić information content (AvgIpc) is 2.89. The van der Waals surface area contributed by atoms with E-state index in [9.17, 15) is 9.59 Å². The number of hydrogen-bond acceptors (Lipinski definition) is 4. The SMILES string of the molecule is COc1cc(/C=C2\NC(=O)N(c3ccc(Cl)cc3)C2=O)cc(Br)c1OC. The van der Waals surface area contributed by atoms with Crippen LogP contribution in [0.3, 0.4) is 0 Å². The minimum absolute atomic E-state index is 0.157. The number of ether oxygens (including phenoxy) is 2. The lowest BCUT2D eigenvalue weighted by atomic mass is 10.1. The van der Waals surface area contributed by atoms with Crippen molar-refractivity contribution in [1.29, 1.82) is 0 Å². The fourth-order valence-corrected chi connectivity index (χ4v) is 3.30. The van der Waals surface area contributed by atoms with Crippen molar-refractivity contribution in [3.05, 3.63) is 57.2 Å². The number of carbonyl (C=O) groups excluding carboxylic acids is 2. The molecule has 134 valence electrons. The monoisotopic (exact) mass is 436 g/mol. The second-order valence-electron chi connectivity index (χ2n) is 5.34. The lowest BCUT2D eigenvalue weighted by molar-refractivity contribution is -0.113. The van der Waals surface area contributed by atoms with Gasteiger partial charge in [-0.15, -0.1) is 0 Å². The number of rotatable bonds is 4. The molecule has 6 nitrogen and oxygen atoms in total. The Morgan fingerprint density at radius 1 is 1.12 bits per heavy atom. The normalized spacial score (nSPS) is 15.4. The summed E-state index contributed by atoms with van der Waals surface area (Å²) in [6, 6.07) is 9.39. The molecule has 1 fully saturated rings. The molecule has 26 heavy (non-hydrogen) atoms. The molecule has 8 heteroatoms. The second kappa shape index (κ2) is 7.39. The molecule has 2 aromatic rings. The van der Waals surface area contributed by atoms with Crippen LogP contribution in [0.2, 0.25) is 5.02 Å². The molecule has 1 heterocycles. The number of carbonyl (C=O) groups is 2. The summed E-state index contributed by atoms with van der Waals surface area (Å²) < 4.78 is 11.2. The van der Waals surface area contributed by atoms with Gasteiger partial charge >= 0.3 is 6.03 Å². The summed E-state index contributed by atoms with van der Waals surface area (Å²) in [4.78, 5) is 25.9. The van der Waals surface area contributed by atoms with Gasteiger partial charge in [0.25, 0.3) is 5.91 Å². The van der Waals surface area contributed by atoms with Crippen LogP contribution in [0.5, 0.6) is 11.5 Å². The Bertz CT molecular complexity index is 912. The maximum absolute atomic E-state index is 12.6. The zero-order valence-electron chi connectivity index (χ0n) is 13.9. The smallest absolute Gasteiger partial charge is 0.333 e. The molecular weight excluding hydrogens is 424 g/mol. The van der Waals surface area contributed by atoms with Gasteiger partial charge in [0, 0.05) is 5.02 Å². The number of nitrogens with zero attached hydrogens (tertiary/aromatic N) is 1. The molecule has 3 amide bonds. The van der Waals surface area contributed by atoms with Crippen LogP contribution in [0, 0.1) is 0 Å². The van der Waals surface area contributed by atoms with E-state index < -0.39 is 11.9 Å². The first-order chi connectivity index (χ1) is 12.4. The largest absolute Gasteiger partial charge is 0.493 e. The Morgan fingerprint density at radius 3 is 2.42 bits per heavy atom. The van der Waals surface area contributed by atoms with Gasteiger partial charge in [0.05, 0.1) is 24.4 Å². The predicted molar refractivity (Wildman–Crippen MR) is 103 cm³/mol. The molecular formula is C18H14BrClN2O4. The van der Waals surface area contributed by atoms with Gasteiger partial charge in [0.2, 0.25) is 0 Å². The highest BCUT2D eigenvalue weighted by Crippen LogP contribution is 2.37. The quantitative estimate of drug-likeness (QED) is 0.574. The number of benzene rings is 2. The molecule has 0 bridgehead atoms. The van der Waals surface area contributed by atoms with Crippen molar-refractivity contribution in [3.8, 4) is 11.5 Å². The van der Waals surface area contributed by atoms with Gasteiger partial charge in [0.15, 0.2) is 11.5 Å². The molecule has 0 aliphatic carbocycles. The summed E-state index contributed by atoms with van der Waals surface area (Å²) in [5, 5.41) is 3.10. The van der Waals surface area contributed by atoms with E-state index in [4.69, 9.17) is 21.1 Å². The molecule has 0 radical (unpaired) electrons. The van der Waals surface area contributed by atoms with Crippen LogP contribution in [-0.4, -0.2) is 26.2 Å². The molecule has 3 rings (SSSR count). The highest BCUT2D eigenvalue weighted by molar-refractivity contribution is 9.10. The molecule has 0 unspecified atom stereocenters. The maximum atomic E-state index is 12.6. The zero-order chi connectivity index (χ0) is 18.8. The van der Waals surface area contributed by atoms with Crippen LogP contribution in [0.15, 0.2) is 46.6 Å². The van der Waals surface area contributed by atoms with Crippen molar-refractivity contribution in [1.82, 2.24) is 5.32 Å². The van der Waals surface area contributed by atoms with E-state index in [2.05, 4.69) is 21.2 Å². The van der Waals surface area contributed by atoms with E-state index in [1.165, 1.54) is 14.2 Å². The van der Waals surface area contributed by atoms with Gasteiger partial charge in [-0.05, 0) is 64.0 Å². The number of amides is 3. The van der Waals surface area contributed by atoms with Crippen molar-refractivity contribution in [2.75, 3.05) is 19.1 Å². The summed E-state index contributed by atoms with van der Waals surface area (Å²) in [7, 11) is 3.05. The molecule has 1 aliphatic heterocycles. The Hall–Kier alpha value is -2.51. The van der Waals surface area contributed by atoms with Gasteiger partial charge < -0.3 is 14.8 Å². The van der Waals surface area contributed by atoms with Crippen molar-refractivity contribution >= 4 is 51.2 Å². The summed E-state index contributed by atoms with van der Waals surface area (Å²) >= 11 is 9.25. The zero-order valence-corrected chi connectivity index (χ0v) is 16.2. The van der Waals surface area contributed by atoms with Crippen molar-refractivity contribution in [2.45, 2.75) is 0 Å². The minimum atomic E-state index is -0.525. The van der Waals surface area contributed by atoms with E-state index in [1.807, 2.05) is 0 Å². The van der Waals surface area contributed by atoms with E-state index in [1.54, 1.807) is 42.5 Å². The number of anilines is 1. The fourth-order valence-electron chi connectivity index (χ4n) is 2.55. The minimum Gasteiger partial charge on any atom is -0.493 e. The lowest BCUT2D eigenvalue weighted by Gasteiger charge is -2.11. The molecule has 2 aromatic carbocycles. The van der Waals surface area contributed by atoms with Crippen molar-refractivity contribution in [2.24, 2.45) is 0 Å². The maximum Gasteiger partial charge on any atom is 0.333 e. The predicted octanol–water partition coefficient (Wildman–Crippen LogP) is 4.22. The molecule has 0 aromatic heterocycles. The average molecular weight is 438 g/mol. The van der Waals surface area contributed by atoms with Crippen LogP contribution < -0.4 is 19.7 Å². The van der Waals surface area contributed by atoms with Gasteiger partial charge in [-0.1, -0.05) is 11.6 Å². The summed E-state index contributed by atoms with van der Waals surface area (Å²) in [5.74, 6) is 0.586. The summed E-state index contributed by atoms with van der Waals surface area (Å²) in [5.41, 5.74) is 1.26. The van der Waals surface area contributed by atoms with Crippen molar-refractivity contribution in [3.63, 3.8) is 0 Å². The lowest BCUT2D eigenvalue weighted by Crippen LogP contribution is -2.30. The highest BCUT2D eigenvalue weighted by atomic mass is 79.9. The van der Waals surface area contributed by atoms with Crippen LogP contribution in [0.1, 0.15) is 5.56 Å². The summed E-state index contributed by atoms with van der Waals surface area (Å²) in [6.45, 7) is 0. The molecule has 0 spiro atoms. The molecule has 1 aliphatic rings. The van der Waals surface area contributed by atoms with Gasteiger partial charge in [-0.25, -0.2) is 9.69 Å². The number of hydrogen-bond donors (Lipinski definition) is 1. The number of urea groups is 1. The first-order valence-corrected chi connectivity index (χ1v) is 8.66. The molecule has 1 N–H and O–H groups in total. The van der Waals surface area contributed by atoms with Crippen LogP contribution in [0.4, 0.5) is 10.5 Å². The second-order valence-corrected chi connectivity index (χ2v) is 6.63. The first kappa shape index (κ1) is 18.3. The topological polar surface area (TPSA) is 67.9 Å². The summed E-state index contributed by atoms with van der Waals surface area (Å²) in [6.07, 6.45) is 1.57. The van der Waals surface area contributed by atoms with Gasteiger partial charge in [-0.3, -0.25) is 4.79 Å². The number of imide groups is 1. The van der Waals surface area contributed by atoms with Crippen LogP contribution in [-0.2, 0) is 4.79 Å². The number of halogens is 2. The third kappa shape index (κ3) is 3.40. The number of methoxy groups -OCH3 is 2. The molecule has 1 saturated heterocycles. The third-order valence-electron chi connectivity index (χ3n) is 3.73. The van der Waals surface area contributed by atoms with E-state index >= 15 is 0 Å². The van der Waals surface area contributed by atoms with Crippen molar-refractivity contribution < 1.29 is 19.1 Å². The Kier molecular flexibility index (Phi) is 5.20.